The van der Waals surface area contributed by atoms with Crippen molar-refractivity contribution < 1.29 is 18.8 Å². The van der Waals surface area contributed by atoms with Gasteiger partial charge in [0.05, 0.1) is 36.2 Å². The lowest BCUT2D eigenvalue weighted by Gasteiger charge is -2.32. The third-order valence-electron chi connectivity index (χ3n) is 4.04. The van der Waals surface area contributed by atoms with Crippen LogP contribution >= 0.6 is 0 Å². The van der Waals surface area contributed by atoms with Gasteiger partial charge in [0.1, 0.15) is 6.10 Å². The fourth-order valence-corrected chi connectivity index (χ4v) is 1.93. The van der Waals surface area contributed by atoms with Crippen LogP contribution in [0.4, 0.5) is 0 Å². The molecule has 0 unspecified atom stereocenters. The van der Waals surface area contributed by atoms with E-state index in [0.29, 0.717) is 24.7 Å². The lowest BCUT2D eigenvalue weighted by molar-refractivity contribution is -0.0814. The van der Waals surface area contributed by atoms with Crippen LogP contribution in [0.25, 0.3) is 0 Å². The predicted molar refractivity (Wildman–Crippen MR) is 73.0 cm³/mol. The summed E-state index contributed by atoms with van der Waals surface area (Å²) >= 11 is 0. The van der Waals surface area contributed by atoms with E-state index in [1.165, 1.54) is 0 Å². The van der Waals surface area contributed by atoms with Crippen LogP contribution in [0.5, 0.6) is 5.88 Å². The Labute approximate surface area is 118 Å². The van der Waals surface area contributed by atoms with Crippen molar-refractivity contribution in [3.8, 4) is 5.88 Å². The van der Waals surface area contributed by atoms with Gasteiger partial charge in [0.2, 0.25) is 5.88 Å². The van der Waals surface area contributed by atoms with E-state index in [1.54, 1.807) is 12.4 Å². The van der Waals surface area contributed by atoms with E-state index in [4.69, 9.17) is 18.8 Å². The molecule has 0 N–H and O–H groups in total. The zero-order chi connectivity index (χ0) is 14.4. The fourth-order valence-electron chi connectivity index (χ4n) is 1.93. The van der Waals surface area contributed by atoms with Crippen LogP contribution in [-0.2, 0) is 14.0 Å². The maximum absolute atomic E-state index is 5.92. The standard InChI is InChI=1S/C13H19BN2O4/c1-12(2)13(3,4)20-14(19-12)10-5-16-11(6-15-10)18-9-7-17-8-9/h5-6,9H,7-8H2,1-4H3. The highest BCUT2D eigenvalue weighted by Crippen LogP contribution is 2.36. The van der Waals surface area contributed by atoms with Gasteiger partial charge in [0, 0.05) is 6.20 Å². The summed E-state index contributed by atoms with van der Waals surface area (Å²) in [4.78, 5) is 8.57. The van der Waals surface area contributed by atoms with Crippen molar-refractivity contribution >= 4 is 12.7 Å². The highest BCUT2D eigenvalue weighted by atomic mass is 16.7. The summed E-state index contributed by atoms with van der Waals surface area (Å²) in [6, 6.07) is 0. The van der Waals surface area contributed by atoms with E-state index < -0.39 is 7.12 Å². The lowest BCUT2D eigenvalue weighted by Crippen LogP contribution is -2.41. The molecule has 0 saturated carbocycles. The number of hydrogen-bond donors (Lipinski definition) is 0. The molecule has 20 heavy (non-hydrogen) atoms. The highest BCUT2D eigenvalue weighted by Gasteiger charge is 2.52. The number of nitrogens with zero attached hydrogens (tertiary/aromatic N) is 2. The topological polar surface area (TPSA) is 62.7 Å². The average molecular weight is 278 g/mol. The van der Waals surface area contributed by atoms with Crippen LogP contribution in [0, 0.1) is 0 Å². The first-order valence-corrected chi connectivity index (χ1v) is 6.79. The summed E-state index contributed by atoms with van der Waals surface area (Å²) in [5, 5.41) is 0. The van der Waals surface area contributed by atoms with Crippen molar-refractivity contribution in [2.75, 3.05) is 13.2 Å². The van der Waals surface area contributed by atoms with Crippen LogP contribution in [0.15, 0.2) is 12.4 Å². The number of aromatic nitrogens is 2. The molecular weight excluding hydrogens is 259 g/mol. The molecule has 2 aliphatic heterocycles. The minimum absolute atomic E-state index is 0.0898. The Bertz CT molecular complexity index is 472. The fraction of sp³-hybridized carbons (Fsp3) is 0.692. The van der Waals surface area contributed by atoms with Crippen LogP contribution < -0.4 is 10.3 Å². The first kappa shape index (κ1) is 13.8. The minimum atomic E-state index is -0.492. The molecule has 1 aromatic rings. The summed E-state index contributed by atoms with van der Waals surface area (Å²) < 4.78 is 22.5. The molecule has 0 atom stereocenters. The Morgan fingerprint density at radius 3 is 2.20 bits per heavy atom. The van der Waals surface area contributed by atoms with Crippen molar-refractivity contribution in [1.82, 2.24) is 9.97 Å². The molecule has 0 aromatic carbocycles. The summed E-state index contributed by atoms with van der Waals surface area (Å²) in [6.45, 7) is 9.26. The molecule has 0 amide bonds. The molecule has 6 nitrogen and oxygen atoms in total. The average Bonchev–Trinajstić information content (AvgIpc) is 2.54. The molecule has 2 saturated heterocycles. The number of rotatable bonds is 3. The molecule has 3 rings (SSSR count). The second-order valence-corrected chi connectivity index (χ2v) is 6.15. The minimum Gasteiger partial charge on any atom is -0.468 e. The summed E-state index contributed by atoms with van der Waals surface area (Å²) in [5.74, 6) is 0.499. The van der Waals surface area contributed by atoms with Crippen LogP contribution in [-0.4, -0.2) is 47.6 Å². The van der Waals surface area contributed by atoms with Crippen molar-refractivity contribution in [3.05, 3.63) is 12.4 Å². The monoisotopic (exact) mass is 278 g/mol. The molecule has 2 fully saturated rings. The van der Waals surface area contributed by atoms with E-state index in [1.807, 2.05) is 27.7 Å². The van der Waals surface area contributed by atoms with Gasteiger partial charge in [-0.25, -0.2) is 4.98 Å². The smallest absolute Gasteiger partial charge is 0.468 e. The second-order valence-electron chi connectivity index (χ2n) is 6.15. The van der Waals surface area contributed by atoms with Crippen molar-refractivity contribution in [1.29, 1.82) is 0 Å². The SMILES string of the molecule is CC1(C)OB(c2cnc(OC3COC3)cn2)OC1(C)C. The van der Waals surface area contributed by atoms with E-state index in [-0.39, 0.29) is 17.3 Å². The quantitative estimate of drug-likeness (QED) is 0.753. The zero-order valence-corrected chi connectivity index (χ0v) is 12.3. The van der Waals surface area contributed by atoms with Gasteiger partial charge in [-0.2, -0.15) is 0 Å². The first-order valence-electron chi connectivity index (χ1n) is 6.79. The van der Waals surface area contributed by atoms with Gasteiger partial charge in [0.25, 0.3) is 0 Å². The molecule has 0 aliphatic carbocycles. The van der Waals surface area contributed by atoms with Crippen LogP contribution in [0.3, 0.4) is 0 Å². The Morgan fingerprint density at radius 1 is 1.10 bits per heavy atom. The van der Waals surface area contributed by atoms with Crippen LogP contribution in [0.2, 0.25) is 0 Å². The zero-order valence-electron chi connectivity index (χ0n) is 12.3. The molecular formula is C13H19BN2O4. The Balaban J connectivity index is 1.69. The van der Waals surface area contributed by atoms with E-state index in [0.717, 1.165) is 0 Å². The molecule has 0 bridgehead atoms. The molecule has 3 heterocycles. The highest BCUT2D eigenvalue weighted by molar-refractivity contribution is 6.61. The number of hydrogen-bond acceptors (Lipinski definition) is 6. The van der Waals surface area contributed by atoms with E-state index in [9.17, 15) is 0 Å². The van der Waals surface area contributed by atoms with Crippen molar-refractivity contribution in [2.45, 2.75) is 45.0 Å². The van der Waals surface area contributed by atoms with Gasteiger partial charge in [-0.15, -0.1) is 0 Å². The normalized spacial score (nSPS) is 24.5. The summed E-state index contributed by atoms with van der Waals surface area (Å²) in [5.41, 5.74) is -0.101. The Morgan fingerprint density at radius 2 is 1.75 bits per heavy atom. The molecule has 108 valence electrons. The maximum atomic E-state index is 5.92. The van der Waals surface area contributed by atoms with Gasteiger partial charge in [0.15, 0.2) is 0 Å². The van der Waals surface area contributed by atoms with Gasteiger partial charge >= 0.3 is 7.12 Å². The summed E-state index contributed by atoms with van der Waals surface area (Å²) in [7, 11) is -0.492. The van der Waals surface area contributed by atoms with Gasteiger partial charge in [-0.1, -0.05) is 0 Å². The van der Waals surface area contributed by atoms with Crippen molar-refractivity contribution in [2.24, 2.45) is 0 Å². The van der Waals surface area contributed by atoms with E-state index >= 15 is 0 Å². The molecule has 7 heteroatoms. The molecule has 0 radical (unpaired) electrons. The second kappa shape index (κ2) is 4.68. The third-order valence-corrected chi connectivity index (χ3v) is 4.04. The Hall–Kier alpha value is -1.18. The molecule has 1 aromatic heterocycles. The summed E-state index contributed by atoms with van der Waals surface area (Å²) in [6.07, 6.45) is 3.32. The van der Waals surface area contributed by atoms with Crippen molar-refractivity contribution in [3.63, 3.8) is 0 Å². The van der Waals surface area contributed by atoms with Gasteiger partial charge in [-0.05, 0) is 27.7 Å². The van der Waals surface area contributed by atoms with Gasteiger partial charge in [-0.3, -0.25) is 4.98 Å². The first-order chi connectivity index (χ1) is 9.37. The maximum Gasteiger partial charge on any atom is 0.516 e. The number of ether oxygens (including phenoxy) is 2. The Kier molecular flexibility index (Phi) is 3.23. The van der Waals surface area contributed by atoms with Crippen LogP contribution in [0.1, 0.15) is 27.7 Å². The third kappa shape index (κ3) is 2.41. The van der Waals surface area contributed by atoms with E-state index in [2.05, 4.69) is 9.97 Å². The lowest BCUT2D eigenvalue weighted by atomic mass is 9.85. The van der Waals surface area contributed by atoms with Gasteiger partial charge < -0.3 is 18.8 Å². The largest absolute Gasteiger partial charge is 0.516 e. The molecule has 2 aliphatic rings. The molecule has 0 spiro atoms. The predicted octanol–water partition coefficient (Wildman–Crippen LogP) is 0.553.